The molecule has 3 rings (SSSR count). The average molecular weight is 305 g/mol. The van der Waals surface area contributed by atoms with E-state index >= 15 is 0 Å². The first-order valence-electron chi connectivity index (χ1n) is 7.20. The van der Waals surface area contributed by atoms with Crippen molar-refractivity contribution < 1.29 is 0 Å². The second-order valence-corrected chi connectivity index (χ2v) is 5.02. The number of nitrogens with one attached hydrogen (secondary N) is 2. The molecule has 0 bridgehead atoms. The monoisotopic (exact) mass is 305 g/mol. The fraction of sp³-hybridized carbons (Fsp3) is 0.188. The van der Waals surface area contributed by atoms with Gasteiger partial charge in [-0.15, -0.1) is 0 Å². The second kappa shape index (κ2) is 6.66. The molecule has 0 aliphatic carbocycles. The van der Waals surface area contributed by atoms with Gasteiger partial charge in [0.2, 0.25) is 0 Å². The number of rotatable bonds is 4. The van der Waals surface area contributed by atoms with E-state index in [1.54, 1.807) is 24.4 Å². The van der Waals surface area contributed by atoms with Gasteiger partial charge in [0.15, 0.2) is 5.69 Å². The molecule has 0 saturated heterocycles. The molecule has 2 N–H and O–H groups in total. The minimum absolute atomic E-state index is 0.316. The molecule has 114 valence electrons. The molecule has 2 aromatic heterocycles. The van der Waals surface area contributed by atoms with E-state index in [9.17, 15) is 0 Å². The third kappa shape index (κ3) is 3.68. The number of hydrogen-bond donors (Lipinski definition) is 2. The van der Waals surface area contributed by atoms with Crippen LogP contribution in [0.1, 0.15) is 25.5 Å². The second-order valence-electron chi connectivity index (χ2n) is 5.02. The van der Waals surface area contributed by atoms with Crippen molar-refractivity contribution in [1.29, 1.82) is 5.26 Å². The third-order valence-corrected chi connectivity index (χ3v) is 3.25. The predicted octanol–water partition coefficient (Wildman–Crippen LogP) is 2.99. The van der Waals surface area contributed by atoms with Crippen LogP contribution in [0.15, 0.2) is 47.6 Å². The molecule has 7 nitrogen and oxygen atoms in total. The Labute approximate surface area is 133 Å². The topological polar surface area (TPSA) is 98.9 Å². The van der Waals surface area contributed by atoms with Gasteiger partial charge in [-0.2, -0.15) is 5.26 Å². The van der Waals surface area contributed by atoms with Crippen molar-refractivity contribution in [3.05, 3.63) is 48.3 Å². The molecular formula is C16H15N7. The lowest BCUT2D eigenvalue weighted by atomic mass is 10.2. The third-order valence-electron chi connectivity index (χ3n) is 3.25. The summed E-state index contributed by atoms with van der Waals surface area (Å²) in [4.78, 5) is 16.8. The van der Waals surface area contributed by atoms with Crippen LogP contribution in [0.25, 0.3) is 0 Å². The Hall–Kier alpha value is -3.27. The molecule has 1 aliphatic rings. The van der Waals surface area contributed by atoms with E-state index in [2.05, 4.69) is 30.6 Å². The minimum atomic E-state index is 0.316. The average Bonchev–Trinajstić information content (AvgIpc) is 2.56. The van der Waals surface area contributed by atoms with Gasteiger partial charge in [0.25, 0.3) is 0 Å². The number of anilines is 3. The van der Waals surface area contributed by atoms with Crippen molar-refractivity contribution in [2.75, 3.05) is 10.6 Å². The highest BCUT2D eigenvalue weighted by Gasteiger charge is 2.07. The number of allylic oxidation sites excluding steroid dienone is 1. The first-order valence-corrected chi connectivity index (χ1v) is 7.20. The summed E-state index contributed by atoms with van der Waals surface area (Å²) in [7, 11) is 0. The summed E-state index contributed by atoms with van der Waals surface area (Å²) < 4.78 is 0. The van der Waals surface area contributed by atoms with Crippen molar-refractivity contribution in [3.63, 3.8) is 0 Å². The number of aliphatic imine (C=N–C) groups is 1. The highest BCUT2D eigenvalue weighted by atomic mass is 15.1. The van der Waals surface area contributed by atoms with Crippen LogP contribution in [0.3, 0.4) is 0 Å². The Morgan fingerprint density at radius 3 is 2.78 bits per heavy atom. The maximum Gasteiger partial charge on any atom is 0.163 e. The summed E-state index contributed by atoms with van der Waals surface area (Å²) >= 11 is 0. The first-order chi connectivity index (χ1) is 11.2. The van der Waals surface area contributed by atoms with Gasteiger partial charge in [0, 0.05) is 18.0 Å². The maximum absolute atomic E-state index is 9.07. The van der Waals surface area contributed by atoms with E-state index in [0.29, 0.717) is 23.0 Å². The van der Waals surface area contributed by atoms with Crippen molar-refractivity contribution in [3.8, 4) is 6.07 Å². The van der Waals surface area contributed by atoms with Crippen LogP contribution in [0.5, 0.6) is 0 Å². The highest BCUT2D eigenvalue weighted by Crippen LogP contribution is 2.20. The molecule has 23 heavy (non-hydrogen) atoms. The lowest BCUT2D eigenvalue weighted by molar-refractivity contribution is 1.01. The van der Waals surface area contributed by atoms with Gasteiger partial charge in [-0.25, -0.2) is 19.9 Å². The molecule has 0 unspecified atom stereocenters. The van der Waals surface area contributed by atoms with Crippen LogP contribution in [0.4, 0.5) is 17.3 Å². The van der Waals surface area contributed by atoms with Crippen LogP contribution >= 0.6 is 0 Å². The molecule has 0 atom stereocenters. The lowest BCUT2D eigenvalue weighted by Gasteiger charge is -2.12. The van der Waals surface area contributed by atoms with Gasteiger partial charge in [-0.05, 0) is 38.0 Å². The van der Waals surface area contributed by atoms with Crippen molar-refractivity contribution in [2.24, 2.45) is 4.99 Å². The Morgan fingerprint density at radius 2 is 2.00 bits per heavy atom. The molecule has 0 amide bonds. The number of pyridine rings is 1. The molecule has 0 saturated carbocycles. The van der Waals surface area contributed by atoms with Gasteiger partial charge in [0.1, 0.15) is 29.9 Å². The van der Waals surface area contributed by atoms with Crippen LogP contribution in [-0.2, 0) is 0 Å². The summed E-state index contributed by atoms with van der Waals surface area (Å²) in [5, 5.41) is 15.3. The van der Waals surface area contributed by atoms with Gasteiger partial charge >= 0.3 is 0 Å². The molecule has 0 aromatic carbocycles. The van der Waals surface area contributed by atoms with Crippen LogP contribution in [0, 0.1) is 11.3 Å². The molecular weight excluding hydrogens is 290 g/mol. The largest absolute Gasteiger partial charge is 0.338 e. The maximum atomic E-state index is 9.07. The van der Waals surface area contributed by atoms with Crippen molar-refractivity contribution in [2.45, 2.75) is 19.8 Å². The predicted molar refractivity (Wildman–Crippen MR) is 88.3 cm³/mol. The molecule has 3 heterocycles. The molecule has 0 fully saturated rings. The zero-order valence-corrected chi connectivity index (χ0v) is 12.6. The molecule has 0 spiro atoms. The smallest absolute Gasteiger partial charge is 0.163 e. The Balaban J connectivity index is 1.78. The molecule has 2 aromatic rings. The van der Waals surface area contributed by atoms with E-state index in [4.69, 9.17) is 5.26 Å². The highest BCUT2D eigenvalue weighted by molar-refractivity contribution is 5.84. The normalized spacial score (nSPS) is 13.6. The number of nitriles is 1. The molecule has 1 aliphatic heterocycles. The Kier molecular flexibility index (Phi) is 4.25. The lowest BCUT2D eigenvalue weighted by Crippen LogP contribution is -2.07. The molecule has 0 radical (unpaired) electrons. The quantitative estimate of drug-likeness (QED) is 0.901. The van der Waals surface area contributed by atoms with Crippen molar-refractivity contribution >= 4 is 23.0 Å². The minimum Gasteiger partial charge on any atom is -0.338 e. The number of hydrogen-bond acceptors (Lipinski definition) is 7. The van der Waals surface area contributed by atoms with E-state index < -0.39 is 0 Å². The van der Waals surface area contributed by atoms with E-state index in [1.807, 2.05) is 19.1 Å². The summed E-state index contributed by atoms with van der Waals surface area (Å²) in [6.07, 6.45) is 7.02. The van der Waals surface area contributed by atoms with Crippen LogP contribution < -0.4 is 10.6 Å². The summed E-state index contributed by atoms with van der Waals surface area (Å²) in [5.74, 6) is 2.00. The number of nitrogens with zero attached hydrogens (tertiary/aromatic N) is 5. The summed E-state index contributed by atoms with van der Waals surface area (Å²) in [6.45, 7) is 2.01. The van der Waals surface area contributed by atoms with Crippen LogP contribution in [0.2, 0.25) is 0 Å². The Bertz CT molecular complexity index is 817. The zero-order chi connectivity index (χ0) is 16.1. The Morgan fingerprint density at radius 1 is 1.17 bits per heavy atom. The zero-order valence-electron chi connectivity index (χ0n) is 12.6. The van der Waals surface area contributed by atoms with Gasteiger partial charge < -0.3 is 10.6 Å². The standard InChI is InChI=1S/C16H15N7/c1-11-4-2-6-14(21-11)23-16-8-15(19-10-20-16)22-12-5-3-7-18-13(12)9-17/h3,5-8,10H,2,4H2,1H3,(H2,19,20,22,23). The van der Waals surface area contributed by atoms with Crippen LogP contribution in [-0.4, -0.2) is 20.7 Å². The first kappa shape index (κ1) is 14.7. The SMILES string of the molecule is CC1=NC(Nc2cc(Nc3cccnc3C#N)ncn2)=CCC1. The van der Waals surface area contributed by atoms with E-state index in [0.717, 1.165) is 24.4 Å². The van der Waals surface area contributed by atoms with E-state index in [-0.39, 0.29) is 0 Å². The number of aromatic nitrogens is 3. The van der Waals surface area contributed by atoms with Crippen molar-refractivity contribution in [1.82, 2.24) is 15.0 Å². The molecule has 7 heteroatoms. The summed E-state index contributed by atoms with van der Waals surface area (Å²) in [6, 6.07) is 7.33. The summed E-state index contributed by atoms with van der Waals surface area (Å²) in [5.41, 5.74) is 2.01. The van der Waals surface area contributed by atoms with E-state index in [1.165, 1.54) is 6.33 Å². The van der Waals surface area contributed by atoms with Gasteiger partial charge in [0.05, 0.1) is 5.69 Å². The fourth-order valence-corrected chi connectivity index (χ4v) is 2.16. The fourth-order valence-electron chi connectivity index (χ4n) is 2.16. The van der Waals surface area contributed by atoms with Gasteiger partial charge in [-0.3, -0.25) is 0 Å². The van der Waals surface area contributed by atoms with Gasteiger partial charge in [-0.1, -0.05) is 0 Å².